The minimum Gasteiger partial charge on any atom is -0.411 e. The predicted octanol–water partition coefficient (Wildman–Crippen LogP) is 2.86. The van der Waals surface area contributed by atoms with Crippen LogP contribution in [0.1, 0.15) is 20.8 Å². The quantitative estimate of drug-likeness (QED) is 0.690. The van der Waals surface area contributed by atoms with Crippen molar-refractivity contribution in [1.29, 1.82) is 0 Å². The molecule has 0 saturated heterocycles. The zero-order valence-electron chi connectivity index (χ0n) is 14.9. The highest BCUT2D eigenvalue weighted by molar-refractivity contribution is 7.99. The Morgan fingerprint density at radius 1 is 1.27 bits per heavy atom. The first-order valence-corrected chi connectivity index (χ1v) is 9.54. The third kappa shape index (κ3) is 6.03. The summed E-state index contributed by atoms with van der Waals surface area (Å²) in [5, 5.41) is 11.6. The second kappa shape index (κ2) is 9.59. The molecule has 2 aromatic rings. The monoisotopic (exact) mass is 396 g/mol. The van der Waals surface area contributed by atoms with E-state index >= 15 is 0 Å². The molecule has 7 nitrogen and oxygen atoms in total. The number of amides is 2. The van der Waals surface area contributed by atoms with E-state index in [1.54, 1.807) is 24.3 Å². The molecule has 0 fully saturated rings. The van der Waals surface area contributed by atoms with Crippen LogP contribution in [0.25, 0.3) is 11.5 Å². The summed E-state index contributed by atoms with van der Waals surface area (Å²) in [6.07, 6.45) is 0. The number of rotatable bonds is 8. The number of halogens is 1. The zero-order chi connectivity index (χ0) is 19.1. The van der Waals surface area contributed by atoms with Crippen LogP contribution in [-0.4, -0.2) is 51.8 Å². The van der Waals surface area contributed by atoms with Crippen molar-refractivity contribution in [2.45, 2.75) is 32.0 Å². The van der Waals surface area contributed by atoms with E-state index in [1.807, 2.05) is 20.8 Å². The highest BCUT2D eigenvalue weighted by Gasteiger charge is 2.18. The van der Waals surface area contributed by atoms with Crippen molar-refractivity contribution in [3.8, 4) is 11.5 Å². The van der Waals surface area contributed by atoms with Gasteiger partial charge in [-0.05, 0) is 45.0 Å². The standard InChI is InChI=1S/C17H21ClN4O3S/c1-4-22(9-14(23)19-11(2)3)15(24)10-26-17-21-20-16(25-17)12-5-7-13(18)8-6-12/h5-8,11H,4,9-10H2,1-3H3,(H,19,23). The Morgan fingerprint density at radius 2 is 1.96 bits per heavy atom. The second-order valence-electron chi connectivity index (χ2n) is 5.80. The van der Waals surface area contributed by atoms with Crippen LogP contribution in [0, 0.1) is 0 Å². The van der Waals surface area contributed by atoms with Gasteiger partial charge in [-0.1, -0.05) is 23.4 Å². The van der Waals surface area contributed by atoms with E-state index < -0.39 is 0 Å². The van der Waals surface area contributed by atoms with E-state index in [9.17, 15) is 9.59 Å². The van der Waals surface area contributed by atoms with Gasteiger partial charge in [-0.2, -0.15) is 0 Å². The van der Waals surface area contributed by atoms with Gasteiger partial charge in [0.25, 0.3) is 5.22 Å². The molecule has 1 N–H and O–H groups in total. The van der Waals surface area contributed by atoms with Crippen molar-refractivity contribution in [3.05, 3.63) is 29.3 Å². The second-order valence-corrected chi connectivity index (χ2v) is 7.16. The van der Waals surface area contributed by atoms with Gasteiger partial charge in [0.2, 0.25) is 17.7 Å². The Labute approximate surface area is 161 Å². The molecular weight excluding hydrogens is 376 g/mol. The number of likely N-dealkylation sites (N-methyl/N-ethyl adjacent to an activating group) is 1. The molecule has 0 spiro atoms. The molecule has 140 valence electrons. The molecule has 0 radical (unpaired) electrons. The Kier molecular flexibility index (Phi) is 7.47. The molecule has 26 heavy (non-hydrogen) atoms. The Bertz CT molecular complexity index is 749. The fraction of sp³-hybridized carbons (Fsp3) is 0.412. The largest absolute Gasteiger partial charge is 0.411 e. The van der Waals surface area contributed by atoms with Crippen LogP contribution in [0.4, 0.5) is 0 Å². The first kappa shape index (κ1) is 20.3. The maximum absolute atomic E-state index is 12.3. The van der Waals surface area contributed by atoms with E-state index in [0.717, 1.165) is 17.3 Å². The Morgan fingerprint density at radius 3 is 2.58 bits per heavy atom. The van der Waals surface area contributed by atoms with Crippen LogP contribution in [0.3, 0.4) is 0 Å². The highest BCUT2D eigenvalue weighted by atomic mass is 35.5. The average molecular weight is 397 g/mol. The minimum atomic E-state index is -0.178. The molecule has 0 aliphatic carbocycles. The molecule has 1 heterocycles. The van der Waals surface area contributed by atoms with Crippen LogP contribution < -0.4 is 5.32 Å². The number of hydrogen-bond acceptors (Lipinski definition) is 6. The molecule has 0 saturated carbocycles. The van der Waals surface area contributed by atoms with Crippen LogP contribution in [0.2, 0.25) is 5.02 Å². The van der Waals surface area contributed by atoms with Gasteiger partial charge in [0.05, 0.1) is 12.3 Å². The summed E-state index contributed by atoms with van der Waals surface area (Å²) in [6, 6.07) is 7.07. The summed E-state index contributed by atoms with van der Waals surface area (Å²) in [6.45, 7) is 6.06. The lowest BCUT2D eigenvalue weighted by molar-refractivity contribution is -0.134. The van der Waals surface area contributed by atoms with Crippen molar-refractivity contribution in [1.82, 2.24) is 20.4 Å². The van der Waals surface area contributed by atoms with Gasteiger partial charge in [0, 0.05) is 23.2 Å². The van der Waals surface area contributed by atoms with Crippen LogP contribution in [0.5, 0.6) is 0 Å². The number of carbonyl (C=O) groups is 2. The summed E-state index contributed by atoms with van der Waals surface area (Å²) in [5.74, 6) is 0.136. The van der Waals surface area contributed by atoms with E-state index in [2.05, 4.69) is 15.5 Å². The normalized spacial score (nSPS) is 10.8. The fourth-order valence-electron chi connectivity index (χ4n) is 2.11. The topological polar surface area (TPSA) is 88.3 Å². The number of nitrogens with one attached hydrogen (secondary N) is 1. The Hall–Kier alpha value is -2.06. The molecule has 2 amide bonds. The molecule has 1 aromatic heterocycles. The zero-order valence-corrected chi connectivity index (χ0v) is 16.4. The molecule has 9 heteroatoms. The number of hydrogen-bond donors (Lipinski definition) is 1. The lowest BCUT2D eigenvalue weighted by atomic mass is 10.2. The van der Waals surface area contributed by atoms with Crippen molar-refractivity contribution < 1.29 is 14.0 Å². The summed E-state index contributed by atoms with van der Waals surface area (Å²) >= 11 is 7.00. The van der Waals surface area contributed by atoms with Crippen molar-refractivity contribution in [2.24, 2.45) is 0 Å². The first-order valence-electron chi connectivity index (χ1n) is 8.18. The molecule has 1 aromatic carbocycles. The summed E-state index contributed by atoms with van der Waals surface area (Å²) < 4.78 is 5.55. The molecule has 0 aliphatic rings. The van der Waals surface area contributed by atoms with Gasteiger partial charge in [-0.15, -0.1) is 10.2 Å². The van der Waals surface area contributed by atoms with Crippen molar-refractivity contribution >= 4 is 35.2 Å². The lowest BCUT2D eigenvalue weighted by Crippen LogP contribution is -2.43. The van der Waals surface area contributed by atoms with Crippen LogP contribution >= 0.6 is 23.4 Å². The van der Waals surface area contributed by atoms with E-state index in [-0.39, 0.29) is 30.2 Å². The third-order valence-electron chi connectivity index (χ3n) is 3.34. The van der Waals surface area contributed by atoms with Gasteiger partial charge in [-0.3, -0.25) is 9.59 Å². The third-order valence-corrected chi connectivity index (χ3v) is 4.39. The first-order chi connectivity index (χ1) is 12.4. The molecule has 0 atom stereocenters. The van der Waals surface area contributed by atoms with Crippen LogP contribution in [-0.2, 0) is 9.59 Å². The maximum Gasteiger partial charge on any atom is 0.277 e. The van der Waals surface area contributed by atoms with E-state index in [0.29, 0.717) is 22.7 Å². The Balaban J connectivity index is 1.90. The van der Waals surface area contributed by atoms with Gasteiger partial charge < -0.3 is 14.6 Å². The predicted molar refractivity (Wildman–Crippen MR) is 101 cm³/mol. The maximum atomic E-state index is 12.3. The van der Waals surface area contributed by atoms with Crippen LogP contribution in [0.15, 0.2) is 33.9 Å². The summed E-state index contributed by atoms with van der Waals surface area (Å²) in [7, 11) is 0. The summed E-state index contributed by atoms with van der Waals surface area (Å²) in [4.78, 5) is 25.6. The average Bonchev–Trinajstić information content (AvgIpc) is 3.06. The minimum absolute atomic E-state index is 0.0356. The van der Waals surface area contributed by atoms with Gasteiger partial charge in [-0.25, -0.2) is 0 Å². The number of benzene rings is 1. The van der Waals surface area contributed by atoms with Crippen molar-refractivity contribution in [3.63, 3.8) is 0 Å². The van der Waals surface area contributed by atoms with Gasteiger partial charge in [0.15, 0.2) is 0 Å². The number of carbonyl (C=O) groups excluding carboxylic acids is 2. The molecule has 0 aliphatic heterocycles. The molecule has 0 bridgehead atoms. The van der Waals surface area contributed by atoms with Crippen molar-refractivity contribution in [2.75, 3.05) is 18.8 Å². The van der Waals surface area contributed by atoms with Gasteiger partial charge in [0.1, 0.15) is 0 Å². The molecular formula is C17H21ClN4O3S. The lowest BCUT2D eigenvalue weighted by Gasteiger charge is -2.20. The molecule has 0 unspecified atom stereocenters. The number of aromatic nitrogens is 2. The summed E-state index contributed by atoms with van der Waals surface area (Å²) in [5.41, 5.74) is 0.751. The highest BCUT2D eigenvalue weighted by Crippen LogP contribution is 2.24. The van der Waals surface area contributed by atoms with Gasteiger partial charge >= 0.3 is 0 Å². The fourth-order valence-corrected chi connectivity index (χ4v) is 2.90. The smallest absolute Gasteiger partial charge is 0.277 e. The molecule has 2 rings (SSSR count). The SMILES string of the molecule is CCN(CC(=O)NC(C)C)C(=O)CSc1nnc(-c2ccc(Cl)cc2)o1. The van der Waals surface area contributed by atoms with E-state index in [1.165, 1.54) is 4.90 Å². The number of thioether (sulfide) groups is 1. The number of nitrogens with zero attached hydrogens (tertiary/aromatic N) is 3. The van der Waals surface area contributed by atoms with E-state index in [4.69, 9.17) is 16.0 Å².